The fourth-order valence-electron chi connectivity index (χ4n) is 1.64. The van der Waals surface area contributed by atoms with Crippen molar-refractivity contribution in [1.29, 1.82) is 0 Å². The van der Waals surface area contributed by atoms with Crippen molar-refractivity contribution in [3.8, 4) is 6.01 Å². The van der Waals surface area contributed by atoms with Crippen LogP contribution in [0, 0.1) is 0 Å². The number of hydrogen-bond acceptors (Lipinski definition) is 3. The lowest BCUT2D eigenvalue weighted by molar-refractivity contribution is 0.311. The van der Waals surface area contributed by atoms with Crippen LogP contribution in [0.2, 0.25) is 0 Å². The van der Waals surface area contributed by atoms with Gasteiger partial charge in [0.05, 0.1) is 6.61 Å². The maximum absolute atomic E-state index is 5.21. The molecule has 3 nitrogen and oxygen atoms in total. The van der Waals surface area contributed by atoms with Gasteiger partial charge >= 0.3 is 6.01 Å². The van der Waals surface area contributed by atoms with Crippen LogP contribution in [-0.4, -0.2) is 16.6 Å². The minimum Gasteiger partial charge on any atom is -0.464 e. The smallest absolute Gasteiger partial charge is 0.316 e. The third-order valence-electron chi connectivity index (χ3n) is 2.56. The maximum atomic E-state index is 5.21. The van der Waals surface area contributed by atoms with Crippen molar-refractivity contribution in [2.24, 2.45) is 0 Å². The third kappa shape index (κ3) is 3.18. The zero-order valence-electron chi connectivity index (χ0n) is 10.1. The second kappa shape index (κ2) is 5.10. The van der Waals surface area contributed by atoms with Crippen LogP contribution in [0.25, 0.3) is 0 Å². The third-order valence-corrected chi connectivity index (χ3v) is 2.56. The Labute approximate surface area is 91.9 Å². The first-order valence-corrected chi connectivity index (χ1v) is 5.55. The highest BCUT2D eigenvalue weighted by Gasteiger charge is 2.20. The van der Waals surface area contributed by atoms with Crippen molar-refractivity contribution < 1.29 is 4.74 Å². The second-order valence-corrected chi connectivity index (χ2v) is 4.32. The molecule has 0 N–H and O–H groups in total. The van der Waals surface area contributed by atoms with Crippen molar-refractivity contribution in [3.05, 3.63) is 18.0 Å². The Bertz CT molecular complexity index is 293. The molecular formula is C12H20N2O. The highest BCUT2D eigenvalue weighted by atomic mass is 16.5. The summed E-state index contributed by atoms with van der Waals surface area (Å²) in [5.74, 6) is 0. The van der Waals surface area contributed by atoms with Gasteiger partial charge in [-0.05, 0) is 24.3 Å². The number of hydrogen-bond donors (Lipinski definition) is 0. The van der Waals surface area contributed by atoms with E-state index in [1.54, 1.807) is 0 Å². The summed E-state index contributed by atoms with van der Waals surface area (Å²) in [4.78, 5) is 8.37. The van der Waals surface area contributed by atoms with Gasteiger partial charge in [-0.3, -0.25) is 0 Å². The normalized spacial score (nSPS) is 11.5. The molecular weight excluding hydrogens is 188 g/mol. The molecule has 0 fully saturated rings. The number of aromatic nitrogens is 2. The SMILES string of the molecule is CCCC(C)(C)c1cnc(OCC)nc1. The standard InChI is InChI=1S/C12H20N2O/c1-5-7-12(3,4)10-8-13-11(14-9-10)15-6-2/h8-9H,5-7H2,1-4H3. The van der Waals surface area contributed by atoms with Crippen LogP contribution in [0.3, 0.4) is 0 Å². The van der Waals surface area contributed by atoms with E-state index < -0.39 is 0 Å². The van der Waals surface area contributed by atoms with Gasteiger partial charge in [0.1, 0.15) is 0 Å². The minimum atomic E-state index is 0.152. The van der Waals surface area contributed by atoms with Gasteiger partial charge in [-0.1, -0.05) is 27.2 Å². The van der Waals surface area contributed by atoms with Gasteiger partial charge < -0.3 is 4.74 Å². The Morgan fingerprint density at radius 2 is 1.80 bits per heavy atom. The quantitative estimate of drug-likeness (QED) is 0.746. The lowest BCUT2D eigenvalue weighted by atomic mass is 9.82. The van der Waals surface area contributed by atoms with E-state index in [-0.39, 0.29) is 5.41 Å². The Morgan fingerprint density at radius 3 is 2.27 bits per heavy atom. The Morgan fingerprint density at radius 1 is 1.20 bits per heavy atom. The fourth-order valence-corrected chi connectivity index (χ4v) is 1.64. The van der Waals surface area contributed by atoms with Crippen LogP contribution < -0.4 is 4.74 Å². The van der Waals surface area contributed by atoms with E-state index in [1.165, 1.54) is 12.0 Å². The lowest BCUT2D eigenvalue weighted by Gasteiger charge is -2.23. The number of nitrogens with zero attached hydrogens (tertiary/aromatic N) is 2. The molecule has 15 heavy (non-hydrogen) atoms. The summed E-state index contributed by atoms with van der Waals surface area (Å²) in [5.41, 5.74) is 1.33. The molecule has 1 rings (SSSR count). The first-order valence-electron chi connectivity index (χ1n) is 5.55. The van der Waals surface area contributed by atoms with Crippen LogP contribution in [0.1, 0.15) is 46.1 Å². The predicted molar refractivity (Wildman–Crippen MR) is 61.1 cm³/mol. The molecule has 0 aromatic carbocycles. The zero-order chi connectivity index (χ0) is 11.3. The Kier molecular flexibility index (Phi) is 4.06. The van der Waals surface area contributed by atoms with Crippen molar-refractivity contribution >= 4 is 0 Å². The van der Waals surface area contributed by atoms with Crippen molar-refractivity contribution in [2.75, 3.05) is 6.61 Å². The number of rotatable bonds is 5. The molecule has 84 valence electrons. The summed E-state index contributed by atoms with van der Waals surface area (Å²) in [6.45, 7) is 9.16. The topological polar surface area (TPSA) is 35.0 Å². The van der Waals surface area contributed by atoms with Crippen LogP contribution in [0.4, 0.5) is 0 Å². The lowest BCUT2D eigenvalue weighted by Crippen LogP contribution is -2.17. The van der Waals surface area contributed by atoms with Crippen LogP contribution in [-0.2, 0) is 5.41 Å². The van der Waals surface area contributed by atoms with E-state index in [4.69, 9.17) is 4.74 Å². The van der Waals surface area contributed by atoms with Gasteiger partial charge in [-0.2, -0.15) is 0 Å². The molecule has 0 unspecified atom stereocenters. The molecule has 0 saturated heterocycles. The van der Waals surface area contributed by atoms with Crippen molar-refractivity contribution in [1.82, 2.24) is 9.97 Å². The van der Waals surface area contributed by atoms with Crippen LogP contribution in [0.5, 0.6) is 6.01 Å². The molecule has 0 spiro atoms. The molecule has 0 amide bonds. The first-order chi connectivity index (χ1) is 7.10. The number of ether oxygens (including phenoxy) is 1. The summed E-state index contributed by atoms with van der Waals surface area (Å²) in [7, 11) is 0. The highest BCUT2D eigenvalue weighted by molar-refractivity contribution is 5.17. The molecule has 0 aliphatic rings. The largest absolute Gasteiger partial charge is 0.464 e. The molecule has 0 aliphatic carbocycles. The van der Waals surface area contributed by atoms with Gasteiger partial charge in [0.2, 0.25) is 0 Å². The first kappa shape index (κ1) is 12.0. The van der Waals surface area contributed by atoms with E-state index in [9.17, 15) is 0 Å². The molecule has 3 heteroatoms. The highest BCUT2D eigenvalue weighted by Crippen LogP contribution is 2.27. The van der Waals surface area contributed by atoms with Crippen LogP contribution in [0.15, 0.2) is 12.4 Å². The zero-order valence-corrected chi connectivity index (χ0v) is 10.1. The van der Waals surface area contributed by atoms with E-state index in [2.05, 4.69) is 30.7 Å². The average molecular weight is 208 g/mol. The van der Waals surface area contributed by atoms with Gasteiger partial charge in [0, 0.05) is 12.4 Å². The average Bonchev–Trinajstić information content (AvgIpc) is 2.19. The Balaban J connectivity index is 2.78. The van der Waals surface area contributed by atoms with E-state index in [0.29, 0.717) is 12.6 Å². The summed E-state index contributed by atoms with van der Waals surface area (Å²) >= 11 is 0. The predicted octanol–water partition coefficient (Wildman–Crippen LogP) is 2.95. The van der Waals surface area contributed by atoms with E-state index in [1.807, 2.05) is 19.3 Å². The molecule has 1 aromatic rings. The van der Waals surface area contributed by atoms with Gasteiger partial charge in [-0.25, -0.2) is 9.97 Å². The molecule has 0 atom stereocenters. The second-order valence-electron chi connectivity index (χ2n) is 4.32. The van der Waals surface area contributed by atoms with E-state index >= 15 is 0 Å². The maximum Gasteiger partial charge on any atom is 0.316 e. The van der Waals surface area contributed by atoms with Crippen molar-refractivity contribution in [2.45, 2.75) is 46.0 Å². The summed E-state index contributed by atoms with van der Waals surface area (Å²) in [5, 5.41) is 0. The van der Waals surface area contributed by atoms with Gasteiger partial charge in [0.25, 0.3) is 0 Å². The van der Waals surface area contributed by atoms with E-state index in [0.717, 1.165) is 6.42 Å². The van der Waals surface area contributed by atoms with Gasteiger partial charge in [-0.15, -0.1) is 0 Å². The molecule has 1 heterocycles. The molecule has 0 saturated carbocycles. The Hall–Kier alpha value is -1.12. The fraction of sp³-hybridized carbons (Fsp3) is 0.667. The van der Waals surface area contributed by atoms with Gasteiger partial charge in [0.15, 0.2) is 0 Å². The summed E-state index contributed by atoms with van der Waals surface area (Å²) in [6, 6.07) is 0.466. The molecule has 0 radical (unpaired) electrons. The van der Waals surface area contributed by atoms with Crippen molar-refractivity contribution in [3.63, 3.8) is 0 Å². The monoisotopic (exact) mass is 208 g/mol. The summed E-state index contributed by atoms with van der Waals surface area (Å²) < 4.78 is 5.21. The summed E-state index contributed by atoms with van der Waals surface area (Å²) in [6.07, 6.45) is 6.05. The molecule has 1 aromatic heterocycles. The molecule has 0 aliphatic heterocycles. The minimum absolute atomic E-state index is 0.152. The van der Waals surface area contributed by atoms with Crippen LogP contribution >= 0.6 is 0 Å². The molecule has 0 bridgehead atoms.